The fraction of sp³-hybridized carbons (Fsp3) is 0.417. The van der Waals surface area contributed by atoms with Gasteiger partial charge >= 0.3 is 0 Å². The molecule has 1 aromatic heterocycles. The van der Waals surface area contributed by atoms with E-state index in [2.05, 4.69) is 24.8 Å². The number of thiazole rings is 1. The number of halogens is 2. The van der Waals surface area contributed by atoms with Crippen molar-refractivity contribution in [1.29, 1.82) is 0 Å². The number of sulfone groups is 1. The molecule has 0 N–H and O–H groups in total. The Morgan fingerprint density at radius 3 is 2.32 bits per heavy atom. The average molecular weight is 528 g/mol. The predicted molar refractivity (Wildman–Crippen MR) is 140 cm³/mol. The lowest BCUT2D eigenvalue weighted by atomic mass is 10.1. The van der Waals surface area contributed by atoms with Gasteiger partial charge in [-0.25, -0.2) is 17.8 Å². The summed E-state index contributed by atoms with van der Waals surface area (Å²) >= 11 is 1.45. The molecule has 0 saturated heterocycles. The van der Waals surface area contributed by atoms with E-state index in [-0.39, 0.29) is 35.4 Å². The van der Waals surface area contributed by atoms with E-state index in [1.807, 2.05) is 19.9 Å². The fourth-order valence-electron chi connectivity index (χ4n) is 3.71. The molecule has 0 aliphatic heterocycles. The van der Waals surface area contributed by atoms with Crippen molar-refractivity contribution in [1.82, 2.24) is 9.88 Å². The fourth-order valence-corrected chi connectivity index (χ4v) is 5.99. The number of likely N-dealkylation sites (N-methyl/N-ethyl adjacent to an activating group) is 1. The topological polar surface area (TPSA) is 70.6 Å². The first-order valence-corrected chi connectivity index (χ1v) is 13.5. The molecular weight excluding hydrogens is 497 g/mol. The Morgan fingerprint density at radius 1 is 1.06 bits per heavy atom. The molecule has 186 valence electrons. The van der Waals surface area contributed by atoms with Gasteiger partial charge in [-0.2, -0.15) is 0 Å². The molecule has 3 rings (SSSR count). The van der Waals surface area contributed by atoms with Gasteiger partial charge in [-0.05, 0) is 68.4 Å². The molecule has 3 aromatic rings. The average Bonchev–Trinajstić information content (AvgIpc) is 3.19. The quantitative estimate of drug-likeness (QED) is 0.346. The van der Waals surface area contributed by atoms with Crippen molar-refractivity contribution in [3.05, 3.63) is 53.3 Å². The van der Waals surface area contributed by atoms with Crippen LogP contribution in [0.4, 0.5) is 9.52 Å². The van der Waals surface area contributed by atoms with E-state index < -0.39 is 15.7 Å². The maximum atomic E-state index is 13.2. The van der Waals surface area contributed by atoms with Crippen LogP contribution in [0.2, 0.25) is 0 Å². The third-order valence-corrected chi connectivity index (χ3v) is 8.59. The molecule has 0 fully saturated rings. The summed E-state index contributed by atoms with van der Waals surface area (Å²) < 4.78 is 39.5. The van der Waals surface area contributed by atoms with Crippen molar-refractivity contribution in [3.63, 3.8) is 0 Å². The Balaban J connectivity index is 0.00000408. The van der Waals surface area contributed by atoms with E-state index in [9.17, 15) is 17.6 Å². The summed E-state index contributed by atoms with van der Waals surface area (Å²) in [6, 6.07) is 8.75. The highest BCUT2D eigenvalue weighted by Gasteiger charge is 2.24. The van der Waals surface area contributed by atoms with Crippen molar-refractivity contribution < 1.29 is 17.6 Å². The molecule has 0 saturated carbocycles. The molecule has 34 heavy (non-hydrogen) atoms. The van der Waals surface area contributed by atoms with Crippen molar-refractivity contribution >= 4 is 54.8 Å². The molecule has 0 bridgehead atoms. The van der Waals surface area contributed by atoms with Gasteiger partial charge in [0.1, 0.15) is 5.82 Å². The summed E-state index contributed by atoms with van der Waals surface area (Å²) in [5, 5.41) is 0.579. The summed E-state index contributed by atoms with van der Waals surface area (Å²) in [5.41, 5.74) is 3.04. The Hall–Kier alpha value is -2.07. The lowest BCUT2D eigenvalue weighted by Gasteiger charge is -2.24. The zero-order valence-electron chi connectivity index (χ0n) is 19.9. The number of carbonyl (C=O) groups is 1. The van der Waals surface area contributed by atoms with Gasteiger partial charge in [0.05, 0.1) is 20.9 Å². The lowest BCUT2D eigenvalue weighted by Crippen LogP contribution is -2.39. The molecular formula is C24H31ClFN3O3S2. The van der Waals surface area contributed by atoms with Gasteiger partial charge in [0.2, 0.25) is 5.91 Å². The number of aromatic nitrogens is 1. The van der Waals surface area contributed by atoms with Crippen LogP contribution in [0.1, 0.15) is 31.4 Å². The van der Waals surface area contributed by atoms with Gasteiger partial charge in [0.25, 0.3) is 0 Å². The molecule has 6 nitrogen and oxygen atoms in total. The molecule has 0 aliphatic carbocycles. The van der Waals surface area contributed by atoms with Crippen LogP contribution in [0.15, 0.2) is 41.3 Å². The van der Waals surface area contributed by atoms with Gasteiger partial charge in [0.15, 0.2) is 15.0 Å². The highest BCUT2D eigenvalue weighted by molar-refractivity contribution is 7.91. The number of aryl methyl sites for hydroxylation is 2. The first-order valence-electron chi connectivity index (χ1n) is 11.0. The highest BCUT2D eigenvalue weighted by atomic mass is 35.5. The summed E-state index contributed by atoms with van der Waals surface area (Å²) in [6.45, 7) is 11.0. The summed E-state index contributed by atoms with van der Waals surface area (Å²) in [5.74, 6) is -1.14. The minimum Gasteiger partial charge on any atom is -0.302 e. The highest BCUT2D eigenvalue weighted by Crippen LogP contribution is 2.32. The van der Waals surface area contributed by atoms with Gasteiger partial charge in [-0.15, -0.1) is 12.4 Å². The molecule has 0 aliphatic rings. The number of rotatable bonds is 10. The Kier molecular flexibility index (Phi) is 9.99. The molecule has 0 spiro atoms. The van der Waals surface area contributed by atoms with Crippen LogP contribution in [0.5, 0.6) is 0 Å². The van der Waals surface area contributed by atoms with Crippen molar-refractivity contribution in [2.24, 2.45) is 0 Å². The van der Waals surface area contributed by atoms with E-state index in [1.54, 1.807) is 4.90 Å². The molecule has 0 unspecified atom stereocenters. The largest absolute Gasteiger partial charge is 0.302 e. The lowest BCUT2D eigenvalue weighted by molar-refractivity contribution is -0.118. The molecule has 10 heteroatoms. The van der Waals surface area contributed by atoms with Crippen LogP contribution in [-0.4, -0.2) is 56.1 Å². The van der Waals surface area contributed by atoms with Gasteiger partial charge < -0.3 is 4.90 Å². The van der Waals surface area contributed by atoms with Crippen LogP contribution in [0, 0.1) is 19.7 Å². The second-order valence-electron chi connectivity index (χ2n) is 8.02. The van der Waals surface area contributed by atoms with E-state index >= 15 is 0 Å². The number of fused-ring (bicyclic) bond motifs is 1. The second-order valence-corrected chi connectivity index (χ2v) is 11.1. The van der Waals surface area contributed by atoms with Crippen LogP contribution >= 0.6 is 23.7 Å². The number of amides is 1. The van der Waals surface area contributed by atoms with Gasteiger partial charge in [0, 0.05) is 19.5 Å². The molecule has 1 amide bonds. The Morgan fingerprint density at radius 2 is 1.71 bits per heavy atom. The van der Waals surface area contributed by atoms with Gasteiger partial charge in [-0.1, -0.05) is 31.3 Å². The maximum absolute atomic E-state index is 13.2. The molecule has 0 radical (unpaired) electrons. The Labute approximate surface area is 211 Å². The zero-order valence-corrected chi connectivity index (χ0v) is 22.3. The number of hydrogen-bond acceptors (Lipinski definition) is 6. The summed E-state index contributed by atoms with van der Waals surface area (Å²) in [7, 11) is -3.71. The summed E-state index contributed by atoms with van der Waals surface area (Å²) in [6.07, 6.45) is -0.175. The van der Waals surface area contributed by atoms with E-state index in [4.69, 9.17) is 4.98 Å². The third kappa shape index (κ3) is 6.75. The molecule has 2 aromatic carbocycles. The van der Waals surface area contributed by atoms with E-state index in [0.29, 0.717) is 18.2 Å². The van der Waals surface area contributed by atoms with Gasteiger partial charge in [-0.3, -0.25) is 9.69 Å². The third-order valence-electron chi connectivity index (χ3n) is 5.63. The normalized spacial score (nSPS) is 11.6. The molecule has 1 heterocycles. The van der Waals surface area contributed by atoms with Crippen molar-refractivity contribution in [2.75, 3.05) is 36.8 Å². The standard InChI is InChI=1S/C24H30FN3O3S2.ClH/c1-5-27(6-2)12-13-28(24-26-21-16-17(3)15-18(4)23(21)32-24)22(29)11-14-33(30,31)20-9-7-19(25)8-10-20;/h7-10,15-16H,5-6,11-14H2,1-4H3;1H. The Bertz CT molecular complexity index is 1230. The minimum absolute atomic E-state index is 0. The zero-order chi connectivity index (χ0) is 24.2. The smallest absolute Gasteiger partial charge is 0.229 e. The van der Waals surface area contributed by atoms with Crippen LogP contribution in [-0.2, 0) is 14.6 Å². The SMILES string of the molecule is CCN(CC)CCN(C(=O)CCS(=O)(=O)c1ccc(F)cc1)c1nc2cc(C)cc(C)c2s1.Cl. The first-order chi connectivity index (χ1) is 15.6. The number of hydrogen-bond donors (Lipinski definition) is 0. The monoisotopic (exact) mass is 527 g/mol. The van der Waals surface area contributed by atoms with Crippen molar-refractivity contribution in [3.8, 4) is 0 Å². The van der Waals surface area contributed by atoms with Crippen LogP contribution in [0.25, 0.3) is 10.2 Å². The second kappa shape index (κ2) is 12.1. The molecule has 0 atom stereocenters. The van der Waals surface area contributed by atoms with E-state index in [1.165, 1.54) is 23.5 Å². The number of carbonyl (C=O) groups excluding carboxylic acids is 1. The number of nitrogens with zero attached hydrogens (tertiary/aromatic N) is 3. The van der Waals surface area contributed by atoms with E-state index in [0.717, 1.165) is 46.6 Å². The minimum atomic E-state index is -3.71. The maximum Gasteiger partial charge on any atom is 0.229 e. The predicted octanol–water partition coefficient (Wildman–Crippen LogP) is 5.01. The van der Waals surface area contributed by atoms with Crippen LogP contribution < -0.4 is 4.90 Å². The number of anilines is 1. The van der Waals surface area contributed by atoms with Crippen LogP contribution in [0.3, 0.4) is 0 Å². The first kappa shape index (κ1) is 28.2. The summed E-state index contributed by atoms with van der Waals surface area (Å²) in [4.78, 5) is 21.8. The van der Waals surface area contributed by atoms with Crippen molar-refractivity contribution in [2.45, 2.75) is 39.0 Å². The number of benzene rings is 2.